The van der Waals surface area contributed by atoms with E-state index in [0.29, 0.717) is 12.8 Å². The average molecular weight is 380 g/mol. The highest BCUT2D eigenvalue weighted by Gasteiger charge is 2.48. The molecule has 140 valence electrons. The monoisotopic (exact) mass is 380 g/mol. The van der Waals surface area contributed by atoms with E-state index < -0.39 is 21.2 Å². The number of ether oxygens (including phenoxy) is 1. The highest BCUT2D eigenvalue weighted by atomic mass is 32.2. The summed E-state index contributed by atoms with van der Waals surface area (Å²) < 4.78 is 68.3. The third-order valence-electron chi connectivity index (χ3n) is 4.27. The summed E-state index contributed by atoms with van der Waals surface area (Å²) in [6.45, 7) is 3.24. The fourth-order valence-corrected chi connectivity index (χ4v) is 3.44. The smallest absolute Gasteiger partial charge is 0.460 e. The van der Waals surface area contributed by atoms with E-state index in [4.69, 9.17) is 4.74 Å². The summed E-state index contributed by atoms with van der Waals surface area (Å²) in [5.41, 5.74) is -5.08. The van der Waals surface area contributed by atoms with Crippen molar-refractivity contribution in [3.05, 3.63) is 29.8 Å². The van der Waals surface area contributed by atoms with Gasteiger partial charge in [-0.3, -0.25) is 4.79 Å². The fourth-order valence-electron chi connectivity index (χ4n) is 2.98. The largest absolute Gasteiger partial charge is 0.534 e. The Hall–Kier alpha value is -1.77. The van der Waals surface area contributed by atoms with Crippen molar-refractivity contribution in [2.75, 3.05) is 0 Å². The number of hydrogen-bond donors (Lipinski definition) is 0. The van der Waals surface area contributed by atoms with Gasteiger partial charge >= 0.3 is 21.6 Å². The van der Waals surface area contributed by atoms with Gasteiger partial charge in [-0.2, -0.15) is 21.6 Å². The van der Waals surface area contributed by atoms with Crippen LogP contribution in [0, 0.1) is 0 Å². The average Bonchev–Trinajstić information content (AvgIpc) is 2.46. The van der Waals surface area contributed by atoms with Crippen LogP contribution in [0.5, 0.6) is 5.75 Å². The Bertz CT molecular complexity index is 717. The number of hydrogen-bond acceptors (Lipinski definition) is 5. The number of benzene rings is 1. The van der Waals surface area contributed by atoms with E-state index in [1.54, 1.807) is 12.1 Å². The van der Waals surface area contributed by atoms with Crippen LogP contribution in [0.25, 0.3) is 0 Å². The van der Waals surface area contributed by atoms with Crippen molar-refractivity contribution in [1.82, 2.24) is 0 Å². The predicted molar refractivity (Wildman–Crippen MR) is 83.4 cm³/mol. The van der Waals surface area contributed by atoms with Gasteiger partial charge in [0.15, 0.2) is 0 Å². The molecule has 1 fully saturated rings. The van der Waals surface area contributed by atoms with Crippen LogP contribution in [0.15, 0.2) is 24.3 Å². The molecule has 0 spiro atoms. The van der Waals surface area contributed by atoms with Crippen LogP contribution >= 0.6 is 0 Å². The number of carbonyl (C=O) groups excluding carboxylic acids is 1. The molecule has 1 aliphatic rings. The molecule has 25 heavy (non-hydrogen) atoms. The highest BCUT2D eigenvalue weighted by Crippen LogP contribution is 2.40. The number of carbonyl (C=O) groups is 1. The van der Waals surface area contributed by atoms with Gasteiger partial charge in [-0.1, -0.05) is 12.1 Å². The third kappa shape index (κ3) is 4.87. The molecule has 1 aromatic rings. The van der Waals surface area contributed by atoms with Gasteiger partial charge in [0, 0.05) is 6.92 Å². The Balaban J connectivity index is 2.01. The van der Waals surface area contributed by atoms with Gasteiger partial charge in [0.2, 0.25) is 0 Å². The quantitative estimate of drug-likeness (QED) is 0.450. The molecular formula is C16H19F3O5S. The Morgan fingerprint density at radius 2 is 1.68 bits per heavy atom. The second kappa shape index (κ2) is 6.86. The molecule has 1 aliphatic carbocycles. The molecule has 0 N–H and O–H groups in total. The van der Waals surface area contributed by atoms with Gasteiger partial charge in [0.1, 0.15) is 11.4 Å². The maximum absolute atomic E-state index is 12.3. The van der Waals surface area contributed by atoms with E-state index in [2.05, 4.69) is 4.18 Å². The normalized spacial score (nSPS) is 24.6. The van der Waals surface area contributed by atoms with Gasteiger partial charge in [-0.15, -0.1) is 0 Å². The molecule has 0 radical (unpaired) electrons. The second-order valence-electron chi connectivity index (χ2n) is 6.37. The SMILES string of the molecule is CC(=O)OC1(C)CCC(c2ccc(OS(=O)(=O)C(F)(F)F)cc2)CC1. The molecule has 0 atom stereocenters. The minimum absolute atomic E-state index is 0.164. The van der Waals surface area contributed by atoms with E-state index in [1.807, 2.05) is 6.92 Å². The summed E-state index contributed by atoms with van der Waals surface area (Å²) in [6, 6.07) is 5.53. The molecule has 9 heteroatoms. The Morgan fingerprint density at radius 3 is 2.12 bits per heavy atom. The van der Waals surface area contributed by atoms with Gasteiger partial charge < -0.3 is 8.92 Å². The Labute approximate surface area is 144 Å². The molecule has 0 saturated heterocycles. The second-order valence-corrected chi connectivity index (χ2v) is 7.91. The lowest BCUT2D eigenvalue weighted by Crippen LogP contribution is -2.35. The molecule has 5 nitrogen and oxygen atoms in total. The molecule has 0 unspecified atom stereocenters. The summed E-state index contributed by atoms with van der Waals surface area (Å²) in [5.74, 6) is -0.549. The zero-order chi connectivity index (χ0) is 18.9. The first kappa shape index (κ1) is 19.6. The van der Waals surface area contributed by atoms with E-state index in [-0.39, 0.29) is 17.6 Å². The topological polar surface area (TPSA) is 69.7 Å². The van der Waals surface area contributed by atoms with Crippen molar-refractivity contribution in [3.63, 3.8) is 0 Å². The van der Waals surface area contributed by atoms with Crippen LogP contribution in [0.4, 0.5) is 13.2 Å². The molecule has 0 aromatic heterocycles. The number of alkyl halides is 3. The van der Waals surface area contributed by atoms with Gasteiger partial charge in [-0.25, -0.2) is 0 Å². The molecule has 2 rings (SSSR count). The molecule has 1 saturated carbocycles. The maximum Gasteiger partial charge on any atom is 0.534 e. The number of esters is 1. The Kier molecular flexibility index (Phi) is 5.36. The van der Waals surface area contributed by atoms with Crippen LogP contribution in [0.1, 0.15) is 51.0 Å². The van der Waals surface area contributed by atoms with Crippen LogP contribution in [0.3, 0.4) is 0 Å². The summed E-state index contributed by atoms with van der Waals surface area (Å²) in [4.78, 5) is 11.1. The standard InChI is InChI=1S/C16H19F3O5S/c1-11(20)23-15(2)9-7-13(8-10-15)12-3-5-14(6-4-12)24-25(21,22)16(17,18)19/h3-6,13H,7-10H2,1-2H3. The van der Waals surface area contributed by atoms with Gasteiger partial charge in [0.05, 0.1) is 0 Å². The van der Waals surface area contributed by atoms with E-state index in [1.165, 1.54) is 19.1 Å². The van der Waals surface area contributed by atoms with Crippen molar-refractivity contribution >= 4 is 16.1 Å². The van der Waals surface area contributed by atoms with E-state index >= 15 is 0 Å². The van der Waals surface area contributed by atoms with Crippen molar-refractivity contribution in [1.29, 1.82) is 0 Å². The molecule has 1 aromatic carbocycles. The summed E-state index contributed by atoms with van der Waals surface area (Å²) in [7, 11) is -5.66. The first-order chi connectivity index (χ1) is 11.4. The molecule has 0 amide bonds. The molecule has 0 heterocycles. The summed E-state index contributed by atoms with van der Waals surface area (Å²) in [5, 5.41) is 0. The van der Waals surface area contributed by atoms with E-state index in [0.717, 1.165) is 18.4 Å². The number of rotatable bonds is 4. The molecular weight excluding hydrogens is 361 g/mol. The lowest BCUT2D eigenvalue weighted by molar-refractivity contribution is -0.158. The predicted octanol–water partition coefficient (Wildman–Crippen LogP) is 3.89. The van der Waals surface area contributed by atoms with Gasteiger partial charge in [-0.05, 0) is 56.2 Å². The third-order valence-corrected chi connectivity index (χ3v) is 5.25. The van der Waals surface area contributed by atoms with Crippen LogP contribution in [-0.4, -0.2) is 25.5 Å². The summed E-state index contributed by atoms with van der Waals surface area (Å²) in [6.07, 6.45) is 2.87. The Morgan fingerprint density at radius 1 is 1.16 bits per heavy atom. The van der Waals surface area contributed by atoms with Crippen LogP contribution < -0.4 is 4.18 Å². The van der Waals surface area contributed by atoms with Crippen molar-refractivity contribution in [3.8, 4) is 5.75 Å². The van der Waals surface area contributed by atoms with Crippen molar-refractivity contribution in [2.24, 2.45) is 0 Å². The fraction of sp³-hybridized carbons (Fsp3) is 0.562. The van der Waals surface area contributed by atoms with Crippen LogP contribution in [-0.2, 0) is 19.6 Å². The summed E-state index contributed by atoms with van der Waals surface area (Å²) >= 11 is 0. The van der Waals surface area contributed by atoms with Crippen molar-refractivity contribution < 1.29 is 35.3 Å². The molecule has 0 aliphatic heterocycles. The zero-order valence-electron chi connectivity index (χ0n) is 13.8. The van der Waals surface area contributed by atoms with Gasteiger partial charge in [0.25, 0.3) is 0 Å². The minimum Gasteiger partial charge on any atom is -0.460 e. The lowest BCUT2D eigenvalue weighted by atomic mass is 9.77. The molecule has 0 bridgehead atoms. The zero-order valence-corrected chi connectivity index (χ0v) is 14.6. The first-order valence-electron chi connectivity index (χ1n) is 7.72. The number of halogens is 3. The van der Waals surface area contributed by atoms with Crippen molar-refractivity contribution in [2.45, 2.75) is 56.6 Å². The van der Waals surface area contributed by atoms with Crippen LogP contribution in [0.2, 0.25) is 0 Å². The maximum atomic E-state index is 12.3. The lowest BCUT2D eigenvalue weighted by Gasteiger charge is -2.36. The first-order valence-corrected chi connectivity index (χ1v) is 9.13. The highest BCUT2D eigenvalue weighted by molar-refractivity contribution is 7.88. The van der Waals surface area contributed by atoms with E-state index in [9.17, 15) is 26.4 Å². The minimum atomic E-state index is -5.66.